The monoisotopic (exact) mass is 569 g/mol. The third kappa shape index (κ3) is 7.30. The van der Waals surface area contributed by atoms with Crippen LogP contribution in [0, 0.1) is 12.8 Å². The van der Waals surface area contributed by atoms with Crippen LogP contribution in [0.5, 0.6) is 5.75 Å². The lowest BCUT2D eigenvalue weighted by atomic mass is 9.85. The van der Waals surface area contributed by atoms with Crippen LogP contribution in [0.1, 0.15) is 57.9 Å². The fraction of sp³-hybridized carbons (Fsp3) is 0.385. The van der Waals surface area contributed by atoms with Crippen molar-refractivity contribution in [2.75, 3.05) is 5.32 Å². The molecule has 0 radical (unpaired) electrons. The van der Waals surface area contributed by atoms with Gasteiger partial charge in [-0.15, -0.1) is 13.2 Å². The summed E-state index contributed by atoms with van der Waals surface area (Å²) in [5.74, 6) is -3.56. The Labute approximate surface area is 224 Å². The largest absolute Gasteiger partial charge is 0.573 e. The van der Waals surface area contributed by atoms with Gasteiger partial charge in [-0.3, -0.25) is 19.3 Å². The lowest BCUT2D eigenvalue weighted by Gasteiger charge is -2.30. The van der Waals surface area contributed by atoms with Gasteiger partial charge in [0.25, 0.3) is 11.8 Å². The van der Waals surface area contributed by atoms with Crippen molar-refractivity contribution in [2.24, 2.45) is 5.92 Å². The maximum absolute atomic E-state index is 13.3. The Bertz CT molecular complexity index is 1350. The molecule has 2 amide bonds. The number of rotatable bonds is 7. The van der Waals surface area contributed by atoms with Crippen LogP contribution >= 0.6 is 0 Å². The first-order valence-electron chi connectivity index (χ1n) is 12.3. The highest BCUT2D eigenvalue weighted by atomic mass is 19.4. The van der Waals surface area contributed by atoms with Gasteiger partial charge in [-0.05, 0) is 56.9 Å². The first-order valence-corrected chi connectivity index (χ1v) is 12.3. The first-order chi connectivity index (χ1) is 18.8. The minimum absolute atomic E-state index is 0.0412. The summed E-state index contributed by atoms with van der Waals surface area (Å²) in [4.78, 5) is 30.8. The number of aromatic nitrogens is 3. The number of halogens is 6. The molecule has 0 saturated heterocycles. The molecule has 40 heavy (non-hydrogen) atoms. The Balaban J connectivity index is 1.58. The van der Waals surface area contributed by atoms with Crippen LogP contribution in [0.25, 0.3) is 0 Å². The summed E-state index contributed by atoms with van der Waals surface area (Å²) in [6, 6.07) is 9.23. The van der Waals surface area contributed by atoms with Crippen LogP contribution in [0.3, 0.4) is 0 Å². The van der Waals surface area contributed by atoms with Gasteiger partial charge in [0, 0.05) is 29.7 Å². The number of alkyl halides is 6. The highest BCUT2D eigenvalue weighted by Gasteiger charge is 2.42. The summed E-state index contributed by atoms with van der Waals surface area (Å²) in [5, 5.41) is 9.43. The molecular weight excluding hydrogens is 544 g/mol. The molecule has 2 heterocycles. The normalized spacial score (nSPS) is 17.8. The van der Waals surface area contributed by atoms with Gasteiger partial charge in [0.15, 0.2) is 5.69 Å². The van der Waals surface area contributed by atoms with E-state index >= 15 is 0 Å². The van der Waals surface area contributed by atoms with Gasteiger partial charge >= 0.3 is 12.5 Å². The molecule has 1 aliphatic carbocycles. The number of carbonyl (C=O) groups excluding carboxylic acids is 2. The molecule has 2 aromatic heterocycles. The molecule has 1 aromatic carbocycles. The molecule has 2 N–H and O–H groups in total. The van der Waals surface area contributed by atoms with Crippen LogP contribution < -0.4 is 15.4 Å². The van der Waals surface area contributed by atoms with E-state index in [0.29, 0.717) is 11.4 Å². The zero-order valence-corrected chi connectivity index (χ0v) is 21.1. The van der Waals surface area contributed by atoms with E-state index in [9.17, 15) is 35.9 Å². The quantitative estimate of drug-likeness (QED) is 0.359. The Morgan fingerprint density at radius 2 is 1.73 bits per heavy atom. The number of hydrogen-bond donors (Lipinski definition) is 2. The number of hydrogen-bond acceptors (Lipinski definition) is 5. The van der Waals surface area contributed by atoms with Crippen molar-refractivity contribution < 1.29 is 40.7 Å². The summed E-state index contributed by atoms with van der Waals surface area (Å²) in [5.41, 5.74) is 0.424. The number of anilines is 1. The van der Waals surface area contributed by atoms with Gasteiger partial charge in [0.1, 0.15) is 5.75 Å². The van der Waals surface area contributed by atoms with Crippen molar-refractivity contribution in [3.63, 3.8) is 0 Å². The molecule has 0 atom stereocenters. The molecule has 1 saturated carbocycles. The minimum atomic E-state index is -4.94. The van der Waals surface area contributed by atoms with E-state index in [-0.39, 0.29) is 49.2 Å². The number of benzene rings is 1. The molecule has 3 aromatic rings. The van der Waals surface area contributed by atoms with Crippen LogP contribution in [0.2, 0.25) is 0 Å². The molecule has 4 rings (SSSR count). The van der Waals surface area contributed by atoms with Crippen LogP contribution in [-0.2, 0) is 6.54 Å². The zero-order valence-electron chi connectivity index (χ0n) is 21.1. The number of carbonyl (C=O) groups is 2. The smallest absolute Gasteiger partial charge is 0.406 e. The molecule has 0 spiro atoms. The predicted molar refractivity (Wildman–Crippen MR) is 131 cm³/mol. The second-order valence-corrected chi connectivity index (χ2v) is 9.38. The Kier molecular flexibility index (Phi) is 8.35. The molecule has 0 bridgehead atoms. The van der Waals surface area contributed by atoms with Gasteiger partial charge in [0.05, 0.1) is 23.7 Å². The molecule has 1 aliphatic rings. The number of ether oxygens (including phenoxy) is 1. The van der Waals surface area contributed by atoms with Crippen LogP contribution in [0.4, 0.5) is 32.0 Å². The van der Waals surface area contributed by atoms with Gasteiger partial charge in [-0.25, -0.2) is 0 Å². The van der Waals surface area contributed by atoms with E-state index < -0.39 is 42.1 Å². The van der Waals surface area contributed by atoms with Crippen molar-refractivity contribution in [3.8, 4) is 5.75 Å². The lowest BCUT2D eigenvalue weighted by Crippen LogP contribution is -2.40. The summed E-state index contributed by atoms with van der Waals surface area (Å²) in [6.45, 7) is 1.66. The summed E-state index contributed by atoms with van der Waals surface area (Å²) in [7, 11) is 0. The maximum Gasteiger partial charge on any atom is 0.573 e. The van der Waals surface area contributed by atoms with E-state index in [2.05, 4.69) is 25.5 Å². The third-order valence-corrected chi connectivity index (χ3v) is 6.54. The standard InChI is InChI=1S/C26H25F6N5O3/c1-15-21(23(38)34-17-10-8-16(9-11-17)25(27,28)29)22(36-37(15)14-19-5-2-3-12-33-19)24(39)35-18-6-4-7-20(13-18)40-26(30,31)32/h2-7,12-13,16-17H,8-11,14H2,1H3,(H,34,38)(H,35,39). The van der Waals surface area contributed by atoms with Gasteiger partial charge < -0.3 is 15.4 Å². The van der Waals surface area contributed by atoms with Gasteiger partial charge in [-0.1, -0.05) is 12.1 Å². The SMILES string of the molecule is Cc1c(C(=O)NC2CCC(C(F)(F)F)CC2)c(C(=O)Nc2cccc(OC(F)(F)F)c2)nn1Cc1ccccn1. The number of amides is 2. The minimum Gasteiger partial charge on any atom is -0.406 e. The molecule has 1 fully saturated rings. The molecule has 0 aliphatic heterocycles. The zero-order chi connectivity index (χ0) is 29.1. The van der Waals surface area contributed by atoms with E-state index in [0.717, 1.165) is 12.1 Å². The second-order valence-electron chi connectivity index (χ2n) is 9.38. The Morgan fingerprint density at radius 3 is 2.35 bits per heavy atom. The van der Waals surface area contributed by atoms with Crippen LogP contribution in [-0.4, -0.2) is 45.2 Å². The number of pyridine rings is 1. The molecule has 8 nitrogen and oxygen atoms in total. The number of nitrogens with zero attached hydrogens (tertiary/aromatic N) is 3. The third-order valence-electron chi connectivity index (χ3n) is 6.54. The Hall–Kier alpha value is -4.10. The van der Waals surface area contributed by atoms with E-state index in [1.54, 1.807) is 31.3 Å². The van der Waals surface area contributed by atoms with E-state index in [1.807, 2.05) is 0 Å². The van der Waals surface area contributed by atoms with Crippen molar-refractivity contribution in [2.45, 2.75) is 57.7 Å². The average molecular weight is 570 g/mol. The van der Waals surface area contributed by atoms with Gasteiger partial charge in [0.2, 0.25) is 0 Å². The van der Waals surface area contributed by atoms with Gasteiger partial charge in [-0.2, -0.15) is 18.3 Å². The van der Waals surface area contributed by atoms with E-state index in [4.69, 9.17) is 0 Å². The second kappa shape index (κ2) is 11.6. The average Bonchev–Trinajstić information content (AvgIpc) is 3.19. The summed E-state index contributed by atoms with van der Waals surface area (Å²) < 4.78 is 82.2. The van der Waals surface area contributed by atoms with E-state index in [1.165, 1.54) is 16.8 Å². The predicted octanol–water partition coefficient (Wildman–Crippen LogP) is 5.64. The Morgan fingerprint density at radius 1 is 1.00 bits per heavy atom. The molecule has 14 heteroatoms. The van der Waals surface area contributed by atoms with Crippen molar-refractivity contribution in [3.05, 3.63) is 71.3 Å². The highest BCUT2D eigenvalue weighted by molar-refractivity contribution is 6.11. The lowest BCUT2D eigenvalue weighted by molar-refractivity contribution is -0.274. The van der Waals surface area contributed by atoms with Crippen molar-refractivity contribution >= 4 is 17.5 Å². The van der Waals surface area contributed by atoms with Crippen molar-refractivity contribution in [1.82, 2.24) is 20.1 Å². The maximum atomic E-state index is 13.3. The van der Waals surface area contributed by atoms with Crippen molar-refractivity contribution in [1.29, 1.82) is 0 Å². The summed E-state index contributed by atoms with van der Waals surface area (Å²) in [6.07, 6.45) is -7.70. The van der Waals surface area contributed by atoms with Crippen LogP contribution in [0.15, 0.2) is 48.7 Å². The topological polar surface area (TPSA) is 98.1 Å². The highest BCUT2D eigenvalue weighted by Crippen LogP contribution is 2.37. The first kappa shape index (κ1) is 28.9. The molecular formula is C26H25F6N5O3. The fourth-order valence-corrected chi connectivity index (χ4v) is 4.56. The summed E-state index contributed by atoms with van der Waals surface area (Å²) >= 11 is 0. The fourth-order valence-electron chi connectivity index (χ4n) is 4.56. The molecule has 214 valence electrons. The number of nitrogens with one attached hydrogen (secondary N) is 2. The molecule has 0 unspecified atom stereocenters.